The van der Waals surface area contributed by atoms with Crippen molar-refractivity contribution in [2.24, 2.45) is 0 Å². The maximum atomic E-state index is 9.90. The van der Waals surface area contributed by atoms with Crippen LogP contribution in [0.1, 0.15) is 5.56 Å². The van der Waals surface area contributed by atoms with Crippen LogP contribution in [0.15, 0.2) is 24.3 Å². The van der Waals surface area contributed by atoms with Gasteiger partial charge in [-0.2, -0.15) is 10.2 Å². The van der Waals surface area contributed by atoms with Gasteiger partial charge in [0.1, 0.15) is 11.6 Å². The van der Waals surface area contributed by atoms with Gasteiger partial charge >= 0.3 is 0 Å². The molecule has 0 unspecified atom stereocenters. The fourth-order valence-electron chi connectivity index (χ4n) is 3.30. The Balaban J connectivity index is 1.84. The molecule has 2 saturated heterocycles. The van der Waals surface area contributed by atoms with E-state index in [9.17, 15) is 5.26 Å². The lowest BCUT2D eigenvalue weighted by Crippen LogP contribution is -2.40. The maximum absolute atomic E-state index is 9.90. The van der Waals surface area contributed by atoms with Crippen LogP contribution in [-0.4, -0.2) is 62.6 Å². The van der Waals surface area contributed by atoms with Crippen LogP contribution in [-0.2, 0) is 9.47 Å². The zero-order valence-corrected chi connectivity index (χ0v) is 15.1. The molecule has 0 amide bonds. The highest BCUT2D eigenvalue weighted by molar-refractivity contribution is 5.75. The first kappa shape index (κ1) is 17.5. The number of nitrogens with two attached hydrogens (primary N) is 1. The van der Waals surface area contributed by atoms with E-state index in [4.69, 9.17) is 25.2 Å². The predicted octanol–water partition coefficient (Wildman–Crippen LogP) is 1.27. The molecular weight excluding hydrogens is 344 g/mol. The van der Waals surface area contributed by atoms with Crippen LogP contribution < -0.4 is 15.5 Å². The number of benzene rings is 1. The molecule has 8 heteroatoms. The van der Waals surface area contributed by atoms with Crippen LogP contribution in [0.2, 0.25) is 0 Å². The zero-order valence-electron chi connectivity index (χ0n) is 15.1. The Kier molecular flexibility index (Phi) is 5.05. The molecule has 3 heterocycles. The van der Waals surface area contributed by atoms with Crippen LogP contribution in [0.5, 0.6) is 0 Å². The number of hydrogen-bond acceptors (Lipinski definition) is 8. The van der Waals surface area contributed by atoms with Crippen LogP contribution >= 0.6 is 0 Å². The van der Waals surface area contributed by atoms with Crippen molar-refractivity contribution in [3.05, 3.63) is 29.8 Å². The van der Waals surface area contributed by atoms with Gasteiger partial charge in [-0.05, 0) is 12.1 Å². The van der Waals surface area contributed by atoms with Crippen LogP contribution in [0, 0.1) is 11.3 Å². The molecule has 2 aromatic rings. The molecule has 0 saturated carbocycles. The summed E-state index contributed by atoms with van der Waals surface area (Å²) in [6, 6.07) is 9.75. The molecule has 2 N–H and O–H groups in total. The third-order valence-electron chi connectivity index (χ3n) is 4.78. The average molecular weight is 366 g/mol. The second kappa shape index (κ2) is 7.78. The second-order valence-electron chi connectivity index (χ2n) is 6.50. The van der Waals surface area contributed by atoms with Gasteiger partial charge in [-0.15, -0.1) is 0 Å². The number of rotatable bonds is 3. The molecular formula is C19H22N6O2. The molecule has 2 aliphatic heterocycles. The summed E-state index contributed by atoms with van der Waals surface area (Å²) in [6.07, 6.45) is 0. The normalized spacial score (nSPS) is 17.6. The van der Waals surface area contributed by atoms with Crippen molar-refractivity contribution in [2.45, 2.75) is 0 Å². The van der Waals surface area contributed by atoms with Gasteiger partial charge in [0.2, 0.25) is 5.95 Å². The third-order valence-corrected chi connectivity index (χ3v) is 4.78. The molecule has 140 valence electrons. The Morgan fingerprint density at radius 1 is 0.889 bits per heavy atom. The molecule has 27 heavy (non-hydrogen) atoms. The van der Waals surface area contributed by atoms with Gasteiger partial charge in [0.25, 0.3) is 0 Å². The van der Waals surface area contributed by atoms with Gasteiger partial charge < -0.3 is 25.0 Å². The van der Waals surface area contributed by atoms with Crippen LogP contribution in [0.4, 0.5) is 17.5 Å². The van der Waals surface area contributed by atoms with Crippen molar-refractivity contribution in [3.8, 4) is 17.3 Å². The molecule has 2 aliphatic rings. The fourth-order valence-corrected chi connectivity index (χ4v) is 3.30. The van der Waals surface area contributed by atoms with Gasteiger partial charge in [-0.1, -0.05) is 12.1 Å². The Morgan fingerprint density at radius 2 is 1.48 bits per heavy atom. The van der Waals surface area contributed by atoms with E-state index in [0.717, 1.165) is 18.7 Å². The molecule has 0 atom stereocenters. The van der Waals surface area contributed by atoms with Gasteiger partial charge in [0.15, 0.2) is 5.82 Å². The van der Waals surface area contributed by atoms with Gasteiger partial charge in [-0.25, -0.2) is 4.98 Å². The first-order chi connectivity index (χ1) is 13.3. The van der Waals surface area contributed by atoms with E-state index in [1.807, 2.05) is 24.3 Å². The predicted molar refractivity (Wildman–Crippen MR) is 103 cm³/mol. The fraction of sp³-hybridized carbons (Fsp3) is 0.421. The Labute approximate surface area is 158 Å². The Morgan fingerprint density at radius 3 is 2.07 bits per heavy atom. The summed E-state index contributed by atoms with van der Waals surface area (Å²) in [4.78, 5) is 13.7. The largest absolute Gasteiger partial charge is 0.399 e. The van der Waals surface area contributed by atoms with E-state index in [1.54, 1.807) is 0 Å². The molecule has 0 spiro atoms. The molecule has 0 bridgehead atoms. The maximum Gasteiger partial charge on any atom is 0.228 e. The lowest BCUT2D eigenvalue weighted by Gasteiger charge is -2.31. The minimum Gasteiger partial charge on any atom is -0.399 e. The van der Waals surface area contributed by atoms with Crippen molar-refractivity contribution in [3.63, 3.8) is 0 Å². The summed E-state index contributed by atoms with van der Waals surface area (Å²) < 4.78 is 10.9. The third kappa shape index (κ3) is 3.65. The van der Waals surface area contributed by atoms with Gasteiger partial charge in [-0.3, -0.25) is 0 Å². The number of ether oxygens (including phenoxy) is 2. The number of aromatic nitrogens is 2. The average Bonchev–Trinajstić information content (AvgIpc) is 2.74. The number of morpholine rings is 2. The van der Waals surface area contributed by atoms with E-state index in [0.29, 0.717) is 68.2 Å². The van der Waals surface area contributed by atoms with Crippen LogP contribution in [0.25, 0.3) is 11.3 Å². The van der Waals surface area contributed by atoms with Crippen molar-refractivity contribution < 1.29 is 9.47 Å². The van der Waals surface area contributed by atoms with Gasteiger partial charge in [0, 0.05) is 37.4 Å². The summed E-state index contributed by atoms with van der Waals surface area (Å²) in [5.41, 5.74) is 8.47. The zero-order chi connectivity index (χ0) is 18.6. The Hall–Kier alpha value is -2.89. The Bertz CT molecular complexity index is 837. The van der Waals surface area contributed by atoms with E-state index in [-0.39, 0.29) is 0 Å². The highest BCUT2D eigenvalue weighted by atomic mass is 16.5. The molecule has 4 rings (SSSR count). The summed E-state index contributed by atoms with van der Waals surface area (Å²) in [6.45, 7) is 5.41. The van der Waals surface area contributed by atoms with Gasteiger partial charge in [0.05, 0.1) is 32.1 Å². The first-order valence-corrected chi connectivity index (χ1v) is 9.09. The second-order valence-corrected chi connectivity index (χ2v) is 6.50. The van der Waals surface area contributed by atoms with E-state index in [1.165, 1.54) is 0 Å². The molecule has 1 aromatic carbocycles. The van der Waals surface area contributed by atoms with Crippen molar-refractivity contribution in [1.29, 1.82) is 5.26 Å². The summed E-state index contributed by atoms with van der Waals surface area (Å²) in [5.74, 6) is 1.30. The van der Waals surface area contributed by atoms with E-state index < -0.39 is 0 Å². The summed E-state index contributed by atoms with van der Waals surface area (Å²) in [7, 11) is 0. The highest BCUT2D eigenvalue weighted by Gasteiger charge is 2.24. The minimum atomic E-state index is 0.485. The van der Waals surface area contributed by atoms with E-state index >= 15 is 0 Å². The van der Waals surface area contributed by atoms with Crippen molar-refractivity contribution in [2.75, 3.05) is 68.1 Å². The molecule has 8 nitrogen and oxygen atoms in total. The lowest BCUT2D eigenvalue weighted by molar-refractivity contribution is 0.121. The molecule has 0 radical (unpaired) electrons. The lowest BCUT2D eigenvalue weighted by atomic mass is 10.1. The molecule has 1 aromatic heterocycles. The number of anilines is 3. The minimum absolute atomic E-state index is 0.485. The van der Waals surface area contributed by atoms with Crippen molar-refractivity contribution >= 4 is 17.5 Å². The standard InChI is InChI=1S/C19H22N6O2/c20-13-16-17(14-1-3-15(21)4-2-14)22-19(25-7-11-27-12-8-25)23-18(16)24-5-9-26-10-6-24/h1-4H,5-12,21H2. The molecule has 2 fully saturated rings. The SMILES string of the molecule is N#Cc1c(-c2ccc(N)cc2)nc(N2CCOCC2)nc1N1CCOCC1. The number of nitrogens with zero attached hydrogens (tertiary/aromatic N) is 5. The summed E-state index contributed by atoms with van der Waals surface area (Å²) in [5, 5.41) is 9.90. The monoisotopic (exact) mass is 366 g/mol. The van der Waals surface area contributed by atoms with E-state index in [2.05, 4.69) is 15.9 Å². The molecule has 0 aliphatic carbocycles. The first-order valence-electron chi connectivity index (χ1n) is 9.09. The number of nitrogen functional groups attached to an aromatic ring is 1. The topological polar surface area (TPSA) is 101 Å². The number of hydrogen-bond donors (Lipinski definition) is 1. The smallest absolute Gasteiger partial charge is 0.228 e. The highest BCUT2D eigenvalue weighted by Crippen LogP contribution is 2.31. The van der Waals surface area contributed by atoms with Crippen LogP contribution in [0.3, 0.4) is 0 Å². The quantitative estimate of drug-likeness (QED) is 0.811. The summed E-state index contributed by atoms with van der Waals surface area (Å²) >= 11 is 0. The number of nitriles is 1. The van der Waals surface area contributed by atoms with Crippen molar-refractivity contribution in [1.82, 2.24) is 9.97 Å².